The number of fused-ring (bicyclic) bond motifs is 1. The van der Waals surface area contributed by atoms with Gasteiger partial charge in [-0.3, -0.25) is 9.59 Å². The van der Waals surface area contributed by atoms with Gasteiger partial charge in [0.2, 0.25) is 5.91 Å². The summed E-state index contributed by atoms with van der Waals surface area (Å²) in [5, 5.41) is 3.98. The minimum Gasteiger partial charge on any atom is -0.345 e. The van der Waals surface area contributed by atoms with Gasteiger partial charge in [-0.05, 0) is 31.0 Å². The number of rotatable bonds is 3. The molecule has 0 spiro atoms. The van der Waals surface area contributed by atoms with Crippen molar-refractivity contribution >= 4 is 34.4 Å². The van der Waals surface area contributed by atoms with E-state index >= 15 is 0 Å². The molecule has 0 radical (unpaired) electrons. The van der Waals surface area contributed by atoms with E-state index in [0.29, 0.717) is 5.57 Å². The number of likely N-dealkylation sites (N-methyl/N-ethyl adjacent to an activating group) is 1. The zero-order valence-corrected chi connectivity index (χ0v) is 18.9. The second-order valence-electron chi connectivity index (χ2n) is 8.72. The van der Waals surface area contributed by atoms with Crippen molar-refractivity contribution in [3.05, 3.63) is 41.1 Å². The van der Waals surface area contributed by atoms with Crippen LogP contribution in [0.4, 0.5) is 5.69 Å². The minimum absolute atomic E-state index is 0.0324. The van der Waals surface area contributed by atoms with Crippen molar-refractivity contribution in [3.63, 3.8) is 0 Å². The van der Waals surface area contributed by atoms with E-state index in [1.54, 1.807) is 30.8 Å². The fourth-order valence-electron chi connectivity index (χ4n) is 3.43. The fourth-order valence-corrected chi connectivity index (χ4v) is 4.45. The van der Waals surface area contributed by atoms with E-state index in [2.05, 4.69) is 10.2 Å². The molecule has 1 saturated heterocycles. The Bertz CT molecular complexity index is 883. The maximum atomic E-state index is 13.1. The van der Waals surface area contributed by atoms with Crippen LogP contribution in [-0.2, 0) is 9.59 Å². The highest BCUT2D eigenvalue weighted by molar-refractivity contribution is 8.13. The first-order chi connectivity index (χ1) is 13.6. The third-order valence-electron chi connectivity index (χ3n) is 5.04. The summed E-state index contributed by atoms with van der Waals surface area (Å²) < 4.78 is 0. The molecule has 0 bridgehead atoms. The molecule has 6 nitrogen and oxygen atoms in total. The second-order valence-corrected chi connectivity index (χ2v) is 9.78. The molecule has 2 aliphatic rings. The Hall–Kier alpha value is -2.28. The first-order valence-electron chi connectivity index (χ1n) is 9.91. The van der Waals surface area contributed by atoms with Gasteiger partial charge in [-0.1, -0.05) is 44.7 Å². The Morgan fingerprint density at radius 1 is 1.28 bits per heavy atom. The number of carbonyl (C=O) groups is 2. The predicted molar refractivity (Wildman–Crippen MR) is 120 cm³/mol. The van der Waals surface area contributed by atoms with Gasteiger partial charge in [-0.2, -0.15) is 0 Å². The molecule has 2 aliphatic heterocycles. The first-order valence-corrected chi connectivity index (χ1v) is 10.9. The second kappa shape index (κ2) is 8.22. The highest BCUT2D eigenvalue weighted by Gasteiger charge is 2.37. The molecular weight excluding hydrogens is 384 g/mol. The lowest BCUT2D eigenvalue weighted by atomic mass is 9.92. The SMILES string of the molecule is CC1=C(C(=O)N(C)C)[C@H](c2cccc(NC(=O)C(C)(C)C)c2)N2CCCSC2=N1. The number of nitrogens with zero attached hydrogens (tertiary/aromatic N) is 3. The molecule has 0 aliphatic carbocycles. The van der Waals surface area contributed by atoms with Crippen LogP contribution < -0.4 is 5.32 Å². The topological polar surface area (TPSA) is 65.0 Å². The standard InChI is InChI=1S/C22H30N4O2S/c1-14-17(19(27)25(5)6)18(26-11-8-12-29-21(26)23-14)15-9-7-10-16(13-15)24-20(28)22(2,3)4/h7,9-10,13,18H,8,11-12H2,1-6H3,(H,24,28)/t18-/m0/s1. The van der Waals surface area contributed by atoms with E-state index in [-0.39, 0.29) is 17.9 Å². The maximum Gasteiger partial charge on any atom is 0.253 e. The summed E-state index contributed by atoms with van der Waals surface area (Å²) in [6, 6.07) is 7.61. The van der Waals surface area contributed by atoms with Crippen LogP contribution in [0.3, 0.4) is 0 Å². The molecule has 0 aromatic heterocycles. The molecule has 3 rings (SSSR count). The molecule has 0 unspecified atom stereocenters. The molecule has 1 atom stereocenters. The number of anilines is 1. The number of amides is 2. The summed E-state index contributed by atoms with van der Waals surface area (Å²) >= 11 is 1.74. The number of hydrogen-bond acceptors (Lipinski definition) is 5. The van der Waals surface area contributed by atoms with E-state index < -0.39 is 5.41 Å². The number of aliphatic imine (C=N–C) groups is 1. The van der Waals surface area contributed by atoms with Crippen molar-refractivity contribution in [2.45, 2.75) is 40.2 Å². The van der Waals surface area contributed by atoms with Crippen LogP contribution in [-0.4, -0.2) is 53.2 Å². The third-order valence-corrected chi connectivity index (χ3v) is 6.11. The van der Waals surface area contributed by atoms with Crippen molar-refractivity contribution in [1.82, 2.24) is 9.80 Å². The first kappa shape index (κ1) is 21.4. The van der Waals surface area contributed by atoms with Gasteiger partial charge >= 0.3 is 0 Å². The molecule has 2 amide bonds. The number of thioether (sulfide) groups is 1. The lowest BCUT2D eigenvalue weighted by molar-refractivity contribution is -0.125. The monoisotopic (exact) mass is 414 g/mol. The van der Waals surface area contributed by atoms with Gasteiger partial charge in [0.1, 0.15) is 0 Å². The highest BCUT2D eigenvalue weighted by atomic mass is 32.2. The van der Waals surface area contributed by atoms with Crippen molar-refractivity contribution in [2.75, 3.05) is 31.7 Å². The maximum absolute atomic E-state index is 13.1. The van der Waals surface area contributed by atoms with Gasteiger partial charge in [0.15, 0.2) is 5.17 Å². The quantitative estimate of drug-likeness (QED) is 0.815. The number of carbonyl (C=O) groups excluding carboxylic acids is 2. The van der Waals surface area contributed by atoms with E-state index in [1.165, 1.54) is 0 Å². The van der Waals surface area contributed by atoms with Crippen LogP contribution in [0.2, 0.25) is 0 Å². The molecule has 1 aromatic rings. The molecule has 29 heavy (non-hydrogen) atoms. The van der Waals surface area contributed by atoms with Gasteiger partial charge in [0, 0.05) is 37.5 Å². The number of nitrogens with one attached hydrogen (secondary N) is 1. The van der Waals surface area contributed by atoms with E-state index in [9.17, 15) is 9.59 Å². The van der Waals surface area contributed by atoms with Crippen molar-refractivity contribution < 1.29 is 9.59 Å². The number of amidine groups is 1. The van der Waals surface area contributed by atoms with Crippen LogP contribution >= 0.6 is 11.8 Å². The minimum atomic E-state index is -0.479. The summed E-state index contributed by atoms with van der Waals surface area (Å²) in [7, 11) is 3.54. The summed E-state index contributed by atoms with van der Waals surface area (Å²) in [5.41, 5.74) is 2.70. The summed E-state index contributed by atoms with van der Waals surface area (Å²) in [6.07, 6.45) is 1.04. The fraction of sp³-hybridized carbons (Fsp3) is 0.500. The average molecular weight is 415 g/mol. The molecule has 1 aromatic carbocycles. The lowest BCUT2D eigenvalue weighted by Gasteiger charge is -2.41. The Morgan fingerprint density at radius 2 is 2.00 bits per heavy atom. The molecule has 1 fully saturated rings. The van der Waals surface area contributed by atoms with Crippen LogP contribution in [0.15, 0.2) is 40.5 Å². The Balaban J connectivity index is 2.04. The third kappa shape index (κ3) is 4.50. The van der Waals surface area contributed by atoms with Crippen LogP contribution in [0.5, 0.6) is 0 Å². The number of benzene rings is 1. The summed E-state index contributed by atoms with van der Waals surface area (Å²) in [6.45, 7) is 8.43. The average Bonchev–Trinajstić information content (AvgIpc) is 2.65. The molecule has 2 heterocycles. The summed E-state index contributed by atoms with van der Waals surface area (Å²) in [5.74, 6) is 0.967. The van der Waals surface area contributed by atoms with Crippen molar-refractivity contribution in [2.24, 2.45) is 10.4 Å². The van der Waals surface area contributed by atoms with Gasteiger partial charge < -0.3 is 15.1 Å². The normalized spacial score (nSPS) is 19.4. The van der Waals surface area contributed by atoms with Gasteiger partial charge in [0.05, 0.1) is 17.3 Å². The Labute approximate surface area is 177 Å². The van der Waals surface area contributed by atoms with Crippen LogP contribution in [0, 0.1) is 5.41 Å². The zero-order chi connectivity index (χ0) is 21.3. The van der Waals surface area contributed by atoms with Crippen molar-refractivity contribution in [3.8, 4) is 0 Å². The van der Waals surface area contributed by atoms with Crippen LogP contribution in [0.25, 0.3) is 0 Å². The van der Waals surface area contributed by atoms with E-state index in [1.807, 2.05) is 52.0 Å². The highest BCUT2D eigenvalue weighted by Crippen LogP contribution is 2.40. The van der Waals surface area contributed by atoms with E-state index in [4.69, 9.17) is 4.99 Å². The Morgan fingerprint density at radius 3 is 2.66 bits per heavy atom. The Kier molecular flexibility index (Phi) is 6.08. The summed E-state index contributed by atoms with van der Waals surface area (Å²) in [4.78, 5) is 34.1. The van der Waals surface area contributed by atoms with Gasteiger partial charge in [0.25, 0.3) is 5.91 Å². The van der Waals surface area contributed by atoms with Crippen LogP contribution in [0.1, 0.15) is 45.7 Å². The molecule has 156 valence electrons. The van der Waals surface area contributed by atoms with Gasteiger partial charge in [-0.15, -0.1) is 0 Å². The van der Waals surface area contributed by atoms with Crippen molar-refractivity contribution in [1.29, 1.82) is 0 Å². The molecule has 1 N–H and O–H groups in total. The zero-order valence-electron chi connectivity index (χ0n) is 18.1. The lowest BCUT2D eigenvalue weighted by Crippen LogP contribution is -2.43. The smallest absolute Gasteiger partial charge is 0.253 e. The number of allylic oxidation sites excluding steroid dienone is 1. The number of hydrogen-bond donors (Lipinski definition) is 1. The molecular formula is C22H30N4O2S. The molecule has 7 heteroatoms. The molecule has 0 saturated carbocycles. The van der Waals surface area contributed by atoms with E-state index in [0.717, 1.165) is 40.8 Å². The van der Waals surface area contributed by atoms with Gasteiger partial charge in [-0.25, -0.2) is 4.99 Å². The predicted octanol–water partition coefficient (Wildman–Crippen LogP) is 3.88. The largest absolute Gasteiger partial charge is 0.345 e.